The predicted octanol–water partition coefficient (Wildman–Crippen LogP) is 18.5. The van der Waals surface area contributed by atoms with Crippen LogP contribution in [-0.4, -0.2) is 0 Å². The summed E-state index contributed by atoms with van der Waals surface area (Å²) in [5.41, 5.74) is 22.7. The third-order valence-electron chi connectivity index (χ3n) is 14.7. The van der Waals surface area contributed by atoms with Crippen LogP contribution in [0.5, 0.6) is 0 Å². The van der Waals surface area contributed by atoms with Crippen LogP contribution in [0.4, 0.5) is 17.1 Å². The maximum atomic E-state index is 2.50. The van der Waals surface area contributed by atoms with Gasteiger partial charge in [-0.2, -0.15) is 0 Å². The van der Waals surface area contributed by atoms with Crippen molar-refractivity contribution in [2.24, 2.45) is 0 Å². The predicted molar refractivity (Wildman–Crippen MR) is 292 cm³/mol. The highest BCUT2D eigenvalue weighted by atomic mass is 32.1. The Morgan fingerprint density at radius 3 is 1.46 bits per heavy atom. The van der Waals surface area contributed by atoms with Gasteiger partial charge in [0.05, 0.1) is 11.1 Å². The molecule has 2 aliphatic carbocycles. The van der Waals surface area contributed by atoms with E-state index in [1.807, 2.05) is 11.3 Å². The molecule has 0 saturated heterocycles. The number of thiophene rings is 1. The number of rotatable bonds is 6. The Kier molecular flexibility index (Phi) is 9.05. The average molecular weight is 894 g/mol. The van der Waals surface area contributed by atoms with Gasteiger partial charge in [0.15, 0.2) is 0 Å². The lowest BCUT2D eigenvalue weighted by Gasteiger charge is -2.35. The highest BCUT2D eigenvalue weighted by Gasteiger charge is 2.50. The van der Waals surface area contributed by atoms with E-state index in [2.05, 4.69) is 266 Å². The third-order valence-corrected chi connectivity index (χ3v) is 15.9. The van der Waals surface area contributed by atoms with Gasteiger partial charge in [0.2, 0.25) is 0 Å². The summed E-state index contributed by atoms with van der Waals surface area (Å²) in [6.45, 7) is 0. The topological polar surface area (TPSA) is 3.24 Å². The van der Waals surface area contributed by atoms with Crippen LogP contribution >= 0.6 is 11.3 Å². The molecular weight excluding hydrogens is 851 g/mol. The molecule has 69 heavy (non-hydrogen) atoms. The summed E-state index contributed by atoms with van der Waals surface area (Å²) in [7, 11) is 0. The molecule has 0 bridgehead atoms. The molecule has 1 spiro atoms. The molecule has 11 aromatic carbocycles. The van der Waals surface area contributed by atoms with Crippen LogP contribution in [-0.2, 0) is 5.41 Å². The van der Waals surface area contributed by atoms with E-state index in [0.717, 1.165) is 22.6 Å². The molecule has 1 nitrogen and oxygen atoms in total. The molecule has 0 N–H and O–H groups in total. The molecule has 0 fully saturated rings. The summed E-state index contributed by atoms with van der Waals surface area (Å²) >= 11 is 1.86. The Balaban J connectivity index is 0.979. The van der Waals surface area contributed by atoms with Gasteiger partial charge in [0.25, 0.3) is 0 Å². The van der Waals surface area contributed by atoms with Crippen molar-refractivity contribution in [3.8, 4) is 66.8 Å². The maximum absolute atomic E-state index is 2.50. The van der Waals surface area contributed by atoms with E-state index in [-0.39, 0.29) is 0 Å². The summed E-state index contributed by atoms with van der Waals surface area (Å²) in [6.07, 6.45) is 0. The molecule has 0 amide bonds. The van der Waals surface area contributed by atoms with Crippen molar-refractivity contribution in [1.82, 2.24) is 0 Å². The first kappa shape index (κ1) is 39.6. The van der Waals surface area contributed by atoms with Crippen molar-refractivity contribution in [2.45, 2.75) is 5.41 Å². The largest absolute Gasteiger partial charge is 0.310 e. The molecule has 12 aromatic rings. The molecular formula is C67H43NS. The normalized spacial score (nSPS) is 12.8. The summed E-state index contributed by atoms with van der Waals surface area (Å²) in [5, 5.41) is 2.63. The van der Waals surface area contributed by atoms with Gasteiger partial charge in [0.1, 0.15) is 0 Å². The van der Waals surface area contributed by atoms with E-state index in [1.165, 1.54) is 104 Å². The van der Waals surface area contributed by atoms with Gasteiger partial charge in [-0.15, -0.1) is 11.3 Å². The highest BCUT2D eigenvalue weighted by Crippen LogP contribution is 2.63. The van der Waals surface area contributed by atoms with Gasteiger partial charge < -0.3 is 4.90 Å². The minimum absolute atomic E-state index is 0.586. The van der Waals surface area contributed by atoms with Gasteiger partial charge in [-0.3, -0.25) is 0 Å². The fourth-order valence-electron chi connectivity index (χ4n) is 11.7. The summed E-state index contributed by atoms with van der Waals surface area (Å²) in [6, 6.07) is 97.1. The number of anilines is 3. The van der Waals surface area contributed by atoms with E-state index in [4.69, 9.17) is 0 Å². The van der Waals surface area contributed by atoms with Crippen LogP contribution in [0, 0.1) is 0 Å². The molecule has 14 rings (SSSR count). The minimum Gasteiger partial charge on any atom is -0.310 e. The van der Waals surface area contributed by atoms with Gasteiger partial charge in [0, 0.05) is 37.1 Å². The average Bonchev–Trinajstić information content (AvgIpc) is 3.92. The van der Waals surface area contributed by atoms with E-state index in [0.29, 0.717) is 0 Å². The Morgan fingerprint density at radius 1 is 0.275 bits per heavy atom. The second-order valence-corrected chi connectivity index (χ2v) is 19.4. The Labute approximate surface area is 406 Å². The number of fused-ring (bicyclic) bond motifs is 15. The van der Waals surface area contributed by atoms with E-state index in [1.54, 1.807) is 0 Å². The molecule has 1 aromatic heterocycles. The molecule has 0 unspecified atom stereocenters. The van der Waals surface area contributed by atoms with Crippen molar-refractivity contribution >= 4 is 48.6 Å². The minimum atomic E-state index is -0.586. The van der Waals surface area contributed by atoms with Gasteiger partial charge in [-0.1, -0.05) is 206 Å². The van der Waals surface area contributed by atoms with Crippen molar-refractivity contribution in [2.75, 3.05) is 4.90 Å². The van der Waals surface area contributed by atoms with Crippen LogP contribution in [0.2, 0.25) is 0 Å². The molecule has 0 aliphatic heterocycles. The lowest BCUT2D eigenvalue weighted by Crippen LogP contribution is -2.29. The fraction of sp³-hybridized carbons (Fsp3) is 0.0149. The van der Waals surface area contributed by atoms with Gasteiger partial charge in [-0.05, 0) is 138 Å². The second-order valence-electron chi connectivity index (χ2n) is 18.3. The molecule has 0 atom stereocenters. The van der Waals surface area contributed by atoms with Crippen molar-refractivity contribution in [1.29, 1.82) is 0 Å². The second kappa shape index (κ2) is 15.8. The number of hydrogen-bond donors (Lipinski definition) is 0. The summed E-state index contributed by atoms with van der Waals surface area (Å²) in [5.74, 6) is 0. The number of nitrogens with zero attached hydrogens (tertiary/aromatic N) is 1. The first-order valence-electron chi connectivity index (χ1n) is 23.8. The molecule has 2 aliphatic rings. The van der Waals surface area contributed by atoms with Crippen molar-refractivity contribution < 1.29 is 0 Å². The standard InChI is InChI=1S/C67H43NS/c1-2-17-44(18-3-1)45-35-38-50(39-36-45)68(51-22-15-21-48(42-51)46-19-14-20-47(41-46)49-37-40-65-58(43-49)56-27-9-13-34-64(56)69-65)63-33-16-32-62-66(63)57-28-8-12-31-61(57)67(62)59-29-10-6-25-54(59)52-23-4-5-24-53(52)55-26-7-11-30-60(55)67/h1-43H. The van der Waals surface area contributed by atoms with Crippen LogP contribution in [0.3, 0.4) is 0 Å². The molecule has 322 valence electrons. The van der Waals surface area contributed by atoms with Crippen LogP contribution in [0.15, 0.2) is 261 Å². The molecule has 0 radical (unpaired) electrons. The molecule has 1 heterocycles. The van der Waals surface area contributed by atoms with Gasteiger partial charge >= 0.3 is 0 Å². The quantitative estimate of drug-likeness (QED) is 0.161. The molecule has 2 heteroatoms. The highest BCUT2D eigenvalue weighted by molar-refractivity contribution is 7.25. The summed E-state index contributed by atoms with van der Waals surface area (Å²) in [4.78, 5) is 2.50. The Hall–Kier alpha value is -8.56. The monoisotopic (exact) mass is 893 g/mol. The zero-order chi connectivity index (χ0) is 45.5. The fourth-order valence-corrected chi connectivity index (χ4v) is 12.8. The third kappa shape index (κ3) is 6.09. The maximum Gasteiger partial charge on any atom is 0.0726 e. The zero-order valence-corrected chi connectivity index (χ0v) is 38.5. The first-order valence-corrected chi connectivity index (χ1v) is 24.6. The van der Waals surface area contributed by atoms with Crippen LogP contribution in [0.1, 0.15) is 22.3 Å². The number of hydrogen-bond acceptors (Lipinski definition) is 2. The number of benzene rings is 11. The Morgan fingerprint density at radius 2 is 0.754 bits per heavy atom. The van der Waals surface area contributed by atoms with E-state index in [9.17, 15) is 0 Å². The SMILES string of the molecule is c1ccc(-c2ccc(N(c3cccc(-c4cccc(-c5ccc6sc7ccccc7c6c5)c4)c3)c3cccc4c3-c3ccccc3C43c4ccccc4-c4ccccc4-c4ccccc43)cc2)cc1. The molecule has 0 saturated carbocycles. The van der Waals surface area contributed by atoms with Crippen LogP contribution in [0.25, 0.3) is 86.9 Å². The first-order chi connectivity index (χ1) is 34.2. The van der Waals surface area contributed by atoms with Crippen molar-refractivity contribution in [3.63, 3.8) is 0 Å². The van der Waals surface area contributed by atoms with E-state index >= 15 is 0 Å². The van der Waals surface area contributed by atoms with Gasteiger partial charge in [-0.25, -0.2) is 0 Å². The Bertz CT molecular complexity index is 3900. The lowest BCUT2D eigenvalue weighted by atomic mass is 9.66. The lowest BCUT2D eigenvalue weighted by molar-refractivity contribution is 0.775. The van der Waals surface area contributed by atoms with Crippen LogP contribution < -0.4 is 4.90 Å². The zero-order valence-electron chi connectivity index (χ0n) is 37.7. The summed E-state index contributed by atoms with van der Waals surface area (Å²) < 4.78 is 2.64. The smallest absolute Gasteiger partial charge is 0.0726 e. The van der Waals surface area contributed by atoms with Crippen molar-refractivity contribution in [3.05, 3.63) is 283 Å². The van der Waals surface area contributed by atoms with E-state index < -0.39 is 5.41 Å².